The van der Waals surface area contributed by atoms with Crippen LogP contribution in [0.4, 0.5) is 5.69 Å². The maximum Gasteiger partial charge on any atom is 0.334 e. The minimum absolute atomic E-state index is 0.175. The fraction of sp³-hybridized carbons (Fsp3) is 0.296. The van der Waals surface area contributed by atoms with Gasteiger partial charge in [0.25, 0.3) is 0 Å². The largest absolute Gasteiger partial charge is 0.497 e. The lowest BCUT2D eigenvalue weighted by Gasteiger charge is -2.23. The Labute approximate surface area is 199 Å². The summed E-state index contributed by atoms with van der Waals surface area (Å²) in [5, 5.41) is 7.52. The first-order chi connectivity index (χ1) is 16.2. The first-order valence-corrected chi connectivity index (χ1v) is 11.2. The van der Waals surface area contributed by atoms with Crippen molar-refractivity contribution < 1.29 is 23.9 Å². The summed E-state index contributed by atoms with van der Waals surface area (Å²) in [5.41, 5.74) is 1.45. The smallest absolute Gasteiger partial charge is 0.334 e. The Bertz CT molecular complexity index is 1190. The molecule has 0 bridgehead atoms. The highest BCUT2D eigenvalue weighted by atomic mass is 16.5. The van der Waals surface area contributed by atoms with Crippen molar-refractivity contribution in [1.29, 1.82) is 0 Å². The molecular weight excluding hydrogens is 432 g/mol. The van der Waals surface area contributed by atoms with Crippen molar-refractivity contribution in [2.24, 2.45) is 5.92 Å². The van der Waals surface area contributed by atoms with E-state index in [0.717, 1.165) is 22.1 Å². The molecule has 0 aromatic heterocycles. The van der Waals surface area contributed by atoms with E-state index in [1.54, 1.807) is 31.4 Å². The zero-order chi connectivity index (χ0) is 24.8. The highest BCUT2D eigenvalue weighted by Crippen LogP contribution is 2.26. The van der Waals surface area contributed by atoms with Crippen LogP contribution in [-0.4, -0.2) is 30.9 Å². The van der Waals surface area contributed by atoms with Gasteiger partial charge in [0, 0.05) is 12.6 Å². The van der Waals surface area contributed by atoms with Crippen molar-refractivity contribution in [1.82, 2.24) is 5.32 Å². The fourth-order valence-electron chi connectivity index (χ4n) is 3.56. The van der Waals surface area contributed by atoms with Crippen LogP contribution >= 0.6 is 0 Å². The van der Waals surface area contributed by atoms with Gasteiger partial charge in [-0.2, -0.15) is 0 Å². The first-order valence-electron chi connectivity index (χ1n) is 11.2. The molecule has 2 N–H and O–H groups in total. The predicted molar refractivity (Wildman–Crippen MR) is 132 cm³/mol. The molecule has 2 atom stereocenters. The van der Waals surface area contributed by atoms with Gasteiger partial charge in [0.2, 0.25) is 11.8 Å². The molecule has 2 amide bonds. The number of hydrogen-bond acceptors (Lipinski definition) is 5. The Kier molecular flexibility index (Phi) is 7.89. The molecule has 3 rings (SSSR count). The molecule has 0 aliphatic rings. The van der Waals surface area contributed by atoms with Gasteiger partial charge < -0.3 is 20.1 Å². The van der Waals surface area contributed by atoms with Crippen molar-refractivity contribution in [3.05, 3.63) is 66.2 Å². The topological polar surface area (TPSA) is 93.7 Å². The summed E-state index contributed by atoms with van der Waals surface area (Å²) in [4.78, 5) is 37.0. The lowest BCUT2D eigenvalue weighted by molar-refractivity contribution is -0.140. The van der Waals surface area contributed by atoms with E-state index in [4.69, 9.17) is 9.47 Å². The van der Waals surface area contributed by atoms with Crippen LogP contribution in [0.2, 0.25) is 0 Å². The van der Waals surface area contributed by atoms with Crippen molar-refractivity contribution >= 4 is 34.2 Å². The molecule has 0 heterocycles. The van der Waals surface area contributed by atoms with Crippen LogP contribution in [0, 0.1) is 5.92 Å². The van der Waals surface area contributed by atoms with Crippen LogP contribution < -0.4 is 20.1 Å². The SMILES string of the molecule is COc1ccc2cc([C@H](C)C(=O)N[C@H](C(=O)Oc3ccc(NC(C)=O)cc3)C(C)C)ccc2c1. The van der Waals surface area contributed by atoms with Crippen LogP contribution in [-0.2, 0) is 14.4 Å². The number of rotatable bonds is 8. The van der Waals surface area contributed by atoms with E-state index >= 15 is 0 Å². The number of nitrogens with one attached hydrogen (secondary N) is 2. The fourth-order valence-corrected chi connectivity index (χ4v) is 3.56. The van der Waals surface area contributed by atoms with E-state index in [1.807, 2.05) is 57.2 Å². The van der Waals surface area contributed by atoms with Gasteiger partial charge in [0.1, 0.15) is 17.5 Å². The Morgan fingerprint density at radius 2 is 1.44 bits per heavy atom. The maximum absolute atomic E-state index is 13.0. The molecule has 0 spiro atoms. The third-order valence-corrected chi connectivity index (χ3v) is 5.58. The number of methoxy groups -OCH3 is 1. The Hall–Kier alpha value is -3.87. The van der Waals surface area contributed by atoms with Gasteiger partial charge in [-0.05, 0) is 65.6 Å². The number of esters is 1. The van der Waals surface area contributed by atoms with Crippen LogP contribution in [0.5, 0.6) is 11.5 Å². The van der Waals surface area contributed by atoms with E-state index in [9.17, 15) is 14.4 Å². The standard InChI is InChI=1S/C27H30N2O5/c1-16(2)25(27(32)34-23-12-9-22(10-13-23)28-18(4)30)29-26(31)17(3)19-6-7-21-15-24(33-5)11-8-20(21)14-19/h6-17,25H,1-5H3,(H,28,30)(H,29,31)/t17-,25-/m0/s1. The summed E-state index contributed by atoms with van der Waals surface area (Å²) < 4.78 is 10.8. The number of benzene rings is 3. The number of anilines is 1. The summed E-state index contributed by atoms with van der Waals surface area (Å²) in [5.74, 6) is -0.527. The molecule has 0 unspecified atom stereocenters. The van der Waals surface area contributed by atoms with E-state index in [0.29, 0.717) is 11.4 Å². The second-order valence-corrected chi connectivity index (χ2v) is 8.55. The molecule has 3 aromatic carbocycles. The van der Waals surface area contributed by atoms with Crippen LogP contribution in [0.15, 0.2) is 60.7 Å². The first kappa shape index (κ1) is 24.8. The molecule has 0 radical (unpaired) electrons. The molecule has 0 saturated carbocycles. The molecule has 0 aliphatic carbocycles. The predicted octanol–water partition coefficient (Wildman–Crippen LogP) is 4.66. The van der Waals surface area contributed by atoms with Gasteiger partial charge >= 0.3 is 5.97 Å². The summed E-state index contributed by atoms with van der Waals surface area (Å²) in [6.07, 6.45) is 0. The average Bonchev–Trinajstić information content (AvgIpc) is 2.81. The van der Waals surface area contributed by atoms with Gasteiger partial charge in [-0.25, -0.2) is 4.79 Å². The second kappa shape index (κ2) is 10.8. The monoisotopic (exact) mass is 462 g/mol. The average molecular weight is 463 g/mol. The summed E-state index contributed by atoms with van der Waals surface area (Å²) in [6, 6.07) is 17.3. The molecule has 178 valence electrons. The highest BCUT2D eigenvalue weighted by Gasteiger charge is 2.28. The Balaban J connectivity index is 1.69. The van der Waals surface area contributed by atoms with Crippen molar-refractivity contribution in [3.63, 3.8) is 0 Å². The molecule has 34 heavy (non-hydrogen) atoms. The quantitative estimate of drug-likeness (QED) is 0.375. The van der Waals surface area contributed by atoms with Crippen molar-refractivity contribution in [2.45, 2.75) is 39.7 Å². The van der Waals surface area contributed by atoms with E-state index in [2.05, 4.69) is 10.6 Å². The van der Waals surface area contributed by atoms with E-state index < -0.39 is 17.9 Å². The molecule has 7 nitrogen and oxygen atoms in total. The third kappa shape index (κ3) is 6.13. The second-order valence-electron chi connectivity index (χ2n) is 8.55. The molecule has 0 aliphatic heterocycles. The molecular formula is C27H30N2O5. The van der Waals surface area contributed by atoms with Crippen molar-refractivity contribution in [3.8, 4) is 11.5 Å². The lowest BCUT2D eigenvalue weighted by Crippen LogP contribution is -2.47. The molecule has 0 saturated heterocycles. The summed E-state index contributed by atoms with van der Waals surface area (Å²) in [7, 11) is 1.62. The molecule has 7 heteroatoms. The van der Waals surface area contributed by atoms with Crippen LogP contribution in [0.1, 0.15) is 39.2 Å². The zero-order valence-electron chi connectivity index (χ0n) is 20.0. The van der Waals surface area contributed by atoms with Gasteiger partial charge in [0.05, 0.1) is 13.0 Å². The Morgan fingerprint density at radius 3 is 2.06 bits per heavy atom. The van der Waals surface area contributed by atoms with Gasteiger partial charge in [-0.15, -0.1) is 0 Å². The number of amides is 2. The molecule has 0 fully saturated rings. The highest BCUT2D eigenvalue weighted by molar-refractivity contribution is 5.91. The maximum atomic E-state index is 13.0. The molecule has 3 aromatic rings. The number of fused-ring (bicyclic) bond motifs is 1. The summed E-state index contributed by atoms with van der Waals surface area (Å²) >= 11 is 0. The van der Waals surface area contributed by atoms with Gasteiger partial charge in [0.15, 0.2) is 0 Å². The normalized spacial score (nSPS) is 12.6. The number of carbonyl (C=O) groups is 3. The third-order valence-electron chi connectivity index (χ3n) is 5.58. The Morgan fingerprint density at radius 1 is 0.824 bits per heavy atom. The number of ether oxygens (including phenoxy) is 2. The minimum atomic E-state index is -0.810. The van der Waals surface area contributed by atoms with E-state index in [-0.39, 0.29) is 17.7 Å². The van der Waals surface area contributed by atoms with Crippen LogP contribution in [0.25, 0.3) is 10.8 Å². The summed E-state index contributed by atoms with van der Waals surface area (Å²) in [6.45, 7) is 6.92. The van der Waals surface area contributed by atoms with Gasteiger partial charge in [-0.3, -0.25) is 9.59 Å². The number of hydrogen-bond donors (Lipinski definition) is 2. The van der Waals surface area contributed by atoms with Crippen molar-refractivity contribution in [2.75, 3.05) is 12.4 Å². The zero-order valence-corrected chi connectivity index (χ0v) is 20.0. The van der Waals surface area contributed by atoms with E-state index in [1.165, 1.54) is 6.92 Å². The lowest BCUT2D eigenvalue weighted by atomic mass is 9.95. The van der Waals surface area contributed by atoms with Crippen LogP contribution in [0.3, 0.4) is 0 Å². The minimum Gasteiger partial charge on any atom is -0.497 e. The van der Waals surface area contributed by atoms with Gasteiger partial charge in [-0.1, -0.05) is 38.1 Å². The number of carbonyl (C=O) groups excluding carboxylic acids is 3.